The number of carbonyl (C=O) groups excluding carboxylic acids is 1. The zero-order valence-corrected chi connectivity index (χ0v) is 13.3. The maximum absolute atomic E-state index is 12.7. The van der Waals surface area contributed by atoms with Crippen molar-refractivity contribution in [3.63, 3.8) is 0 Å². The molecule has 1 aromatic carbocycles. The summed E-state index contributed by atoms with van der Waals surface area (Å²) >= 11 is 1.69. The molecule has 0 radical (unpaired) electrons. The molecule has 0 bridgehead atoms. The molecular weight excluding hydrogens is 314 g/mol. The van der Waals surface area contributed by atoms with Crippen LogP contribution in [0.3, 0.4) is 0 Å². The van der Waals surface area contributed by atoms with Crippen LogP contribution in [0.1, 0.15) is 23.8 Å². The molecule has 3 atom stereocenters. The molecule has 6 nitrogen and oxygen atoms in total. The van der Waals surface area contributed by atoms with Gasteiger partial charge in [0.2, 0.25) is 12.7 Å². The summed E-state index contributed by atoms with van der Waals surface area (Å²) in [5.74, 6) is 2.25. The summed E-state index contributed by atoms with van der Waals surface area (Å²) < 4.78 is 11.0. The molecule has 3 heterocycles. The minimum absolute atomic E-state index is 0.00346. The predicted octanol–water partition coefficient (Wildman–Crippen LogP) is 1.63. The maximum atomic E-state index is 12.7. The highest BCUT2D eigenvalue weighted by molar-refractivity contribution is 7.99. The summed E-state index contributed by atoms with van der Waals surface area (Å²) in [6.45, 7) is 0.923. The van der Waals surface area contributed by atoms with E-state index in [1.165, 1.54) is 0 Å². The summed E-state index contributed by atoms with van der Waals surface area (Å²) in [6.07, 6.45) is 1.69. The lowest BCUT2D eigenvalue weighted by Gasteiger charge is -2.23. The fraction of sp³-hybridized carbons (Fsp3) is 0.500. The molecule has 2 saturated heterocycles. The molecule has 23 heavy (non-hydrogen) atoms. The van der Waals surface area contributed by atoms with Gasteiger partial charge in [0, 0.05) is 17.9 Å². The first-order valence-corrected chi connectivity index (χ1v) is 8.79. The molecule has 1 N–H and O–H groups in total. The topological polar surface area (TPSA) is 74.6 Å². The molecular formula is C16H17N3O3S. The molecule has 0 spiro atoms. The third-order valence-corrected chi connectivity index (χ3v) is 5.72. The van der Waals surface area contributed by atoms with Gasteiger partial charge in [0.1, 0.15) is 6.04 Å². The normalized spacial score (nSPS) is 28.8. The van der Waals surface area contributed by atoms with Crippen molar-refractivity contribution in [1.29, 1.82) is 5.26 Å². The Hall–Kier alpha value is -1.91. The number of nitrogens with one attached hydrogen (secondary N) is 1. The highest BCUT2D eigenvalue weighted by atomic mass is 32.2. The van der Waals surface area contributed by atoms with Crippen LogP contribution in [0.25, 0.3) is 0 Å². The lowest BCUT2D eigenvalue weighted by atomic mass is 10.1. The fourth-order valence-electron chi connectivity index (χ4n) is 3.32. The number of nitrogens with zero attached hydrogens (tertiary/aromatic N) is 2. The highest BCUT2D eigenvalue weighted by Crippen LogP contribution is 2.44. The molecule has 2 fully saturated rings. The van der Waals surface area contributed by atoms with Crippen LogP contribution in [0.5, 0.6) is 11.5 Å². The fourth-order valence-corrected chi connectivity index (χ4v) is 4.57. The largest absolute Gasteiger partial charge is 0.454 e. The first-order valence-electron chi connectivity index (χ1n) is 7.74. The monoisotopic (exact) mass is 331 g/mol. The molecule has 4 rings (SSSR count). The lowest BCUT2D eigenvalue weighted by Crippen LogP contribution is -2.46. The van der Waals surface area contributed by atoms with Gasteiger partial charge in [-0.1, -0.05) is 12.1 Å². The van der Waals surface area contributed by atoms with E-state index in [4.69, 9.17) is 14.7 Å². The highest BCUT2D eigenvalue weighted by Gasteiger charge is 2.38. The van der Waals surface area contributed by atoms with Gasteiger partial charge in [0.15, 0.2) is 11.5 Å². The van der Waals surface area contributed by atoms with Crippen molar-refractivity contribution in [2.75, 3.05) is 19.1 Å². The van der Waals surface area contributed by atoms with Gasteiger partial charge in [0.25, 0.3) is 0 Å². The number of hydrogen-bond donors (Lipinski definition) is 1. The van der Waals surface area contributed by atoms with Crippen LogP contribution in [-0.4, -0.2) is 42.0 Å². The van der Waals surface area contributed by atoms with Crippen LogP contribution >= 0.6 is 11.8 Å². The predicted molar refractivity (Wildman–Crippen MR) is 85.0 cm³/mol. The van der Waals surface area contributed by atoms with E-state index >= 15 is 0 Å². The van der Waals surface area contributed by atoms with Crippen LogP contribution in [-0.2, 0) is 4.79 Å². The van der Waals surface area contributed by atoms with E-state index in [2.05, 4.69) is 11.4 Å². The Labute approximate surface area is 138 Å². The van der Waals surface area contributed by atoms with E-state index in [0.717, 1.165) is 29.9 Å². The van der Waals surface area contributed by atoms with Crippen molar-refractivity contribution < 1.29 is 14.3 Å². The average molecular weight is 331 g/mol. The number of ether oxygens (including phenoxy) is 2. The van der Waals surface area contributed by atoms with Crippen molar-refractivity contribution in [1.82, 2.24) is 10.2 Å². The van der Waals surface area contributed by atoms with Gasteiger partial charge in [-0.25, -0.2) is 0 Å². The van der Waals surface area contributed by atoms with Crippen LogP contribution in [0, 0.1) is 11.3 Å². The smallest absolute Gasteiger partial charge is 0.241 e. The van der Waals surface area contributed by atoms with Crippen molar-refractivity contribution in [3.8, 4) is 17.6 Å². The number of nitriles is 1. The first-order chi connectivity index (χ1) is 11.3. The number of fused-ring (bicyclic) bond motifs is 1. The van der Waals surface area contributed by atoms with Crippen LogP contribution in [0.15, 0.2) is 18.2 Å². The van der Waals surface area contributed by atoms with Gasteiger partial charge < -0.3 is 14.4 Å². The lowest BCUT2D eigenvalue weighted by molar-refractivity contribution is -0.132. The average Bonchev–Trinajstić information content (AvgIpc) is 3.32. The number of benzene rings is 1. The maximum Gasteiger partial charge on any atom is 0.241 e. The van der Waals surface area contributed by atoms with Gasteiger partial charge in [-0.3, -0.25) is 10.1 Å². The molecule has 3 aliphatic heterocycles. The molecule has 1 aromatic rings. The van der Waals surface area contributed by atoms with Crippen LogP contribution in [0.4, 0.5) is 0 Å². The summed E-state index contributed by atoms with van der Waals surface area (Å²) in [4.78, 5) is 14.4. The molecule has 0 aromatic heterocycles. The number of carbonyl (C=O) groups is 1. The first kappa shape index (κ1) is 14.7. The molecule has 7 heteroatoms. The van der Waals surface area contributed by atoms with Crippen molar-refractivity contribution in [3.05, 3.63) is 23.8 Å². The van der Waals surface area contributed by atoms with Crippen LogP contribution in [0.2, 0.25) is 0 Å². The van der Waals surface area contributed by atoms with E-state index in [1.54, 1.807) is 16.7 Å². The van der Waals surface area contributed by atoms with Gasteiger partial charge in [0.05, 0.1) is 17.5 Å². The van der Waals surface area contributed by atoms with E-state index in [-0.39, 0.29) is 30.2 Å². The van der Waals surface area contributed by atoms with E-state index in [9.17, 15) is 4.79 Å². The second-order valence-corrected chi connectivity index (χ2v) is 6.97. The molecule has 120 valence electrons. The molecule has 1 unspecified atom stereocenters. The van der Waals surface area contributed by atoms with Crippen LogP contribution < -0.4 is 14.8 Å². The Morgan fingerprint density at radius 1 is 1.43 bits per heavy atom. The number of likely N-dealkylation sites (tertiary alicyclic amines) is 1. The zero-order valence-electron chi connectivity index (χ0n) is 12.5. The third kappa shape index (κ3) is 2.52. The molecule has 0 saturated carbocycles. The zero-order chi connectivity index (χ0) is 15.8. The van der Waals surface area contributed by atoms with E-state index < -0.39 is 0 Å². The number of hydrogen-bond acceptors (Lipinski definition) is 6. The third-order valence-electron chi connectivity index (χ3n) is 4.47. The minimum atomic E-state index is -0.272. The van der Waals surface area contributed by atoms with Gasteiger partial charge in [-0.2, -0.15) is 5.26 Å². The number of rotatable bonds is 2. The van der Waals surface area contributed by atoms with Crippen molar-refractivity contribution >= 4 is 17.7 Å². The Balaban J connectivity index is 1.49. The van der Waals surface area contributed by atoms with E-state index in [0.29, 0.717) is 12.3 Å². The summed E-state index contributed by atoms with van der Waals surface area (Å²) in [5.41, 5.74) is 1.01. The summed E-state index contributed by atoms with van der Waals surface area (Å²) in [6, 6.07) is 7.53. The summed E-state index contributed by atoms with van der Waals surface area (Å²) in [7, 11) is 0. The SMILES string of the molecule is N#C[C@@H]1CCCN1C(=O)[C@@H]1CSC(c2cccc3c2OCO3)N1. The number of amides is 1. The van der Waals surface area contributed by atoms with Gasteiger partial charge in [-0.05, 0) is 18.9 Å². The Kier molecular flexibility index (Phi) is 3.79. The quantitative estimate of drug-likeness (QED) is 0.888. The Morgan fingerprint density at radius 2 is 2.35 bits per heavy atom. The van der Waals surface area contributed by atoms with Crippen molar-refractivity contribution in [2.24, 2.45) is 0 Å². The standard InChI is InChI=1S/C16H17N3O3S/c17-7-10-3-2-6-19(10)16(20)12-8-23-15(18-12)11-4-1-5-13-14(11)22-9-21-13/h1,4-5,10,12,15,18H,2-3,6,8-9H2/t10-,12-,15?/m0/s1. The Morgan fingerprint density at radius 3 is 3.22 bits per heavy atom. The number of para-hydroxylation sites is 1. The minimum Gasteiger partial charge on any atom is -0.454 e. The van der Waals surface area contributed by atoms with Gasteiger partial charge in [-0.15, -0.1) is 11.8 Å². The second-order valence-electron chi connectivity index (χ2n) is 5.83. The van der Waals surface area contributed by atoms with Gasteiger partial charge >= 0.3 is 0 Å². The van der Waals surface area contributed by atoms with Crippen molar-refractivity contribution in [2.45, 2.75) is 30.3 Å². The number of thioether (sulfide) groups is 1. The second kappa shape index (κ2) is 5.95. The summed E-state index contributed by atoms with van der Waals surface area (Å²) in [5, 5.41) is 12.6. The molecule has 0 aliphatic carbocycles. The molecule has 3 aliphatic rings. The Bertz CT molecular complexity index is 675. The molecule has 1 amide bonds. The van der Waals surface area contributed by atoms with E-state index in [1.807, 2.05) is 18.2 Å².